The smallest absolute Gasteiger partial charge is 0.235 e. The van der Waals surface area contributed by atoms with Crippen molar-refractivity contribution in [1.82, 2.24) is 10.3 Å². The molecule has 2 aromatic rings. The van der Waals surface area contributed by atoms with E-state index in [1.807, 2.05) is 30.6 Å². The normalized spacial score (nSPS) is 20.6. The highest BCUT2D eigenvalue weighted by atomic mass is 35.5. The lowest BCUT2D eigenvalue weighted by Crippen LogP contribution is -2.31. The van der Waals surface area contributed by atoms with Crippen LogP contribution in [0.4, 0.5) is 0 Å². The second-order valence-electron chi connectivity index (χ2n) is 5.38. The quantitative estimate of drug-likeness (QED) is 0.846. The molecule has 1 amide bonds. The number of nitrogens with zero attached hydrogens (tertiary/aromatic N) is 1. The molecule has 3 nitrogen and oxygen atoms in total. The highest BCUT2D eigenvalue weighted by molar-refractivity contribution is 6.27. The van der Waals surface area contributed by atoms with Gasteiger partial charge in [-0.25, -0.2) is 0 Å². The van der Waals surface area contributed by atoms with Crippen LogP contribution in [0.15, 0.2) is 54.9 Å². The lowest BCUT2D eigenvalue weighted by molar-refractivity contribution is -0.119. The summed E-state index contributed by atoms with van der Waals surface area (Å²) in [6.45, 7) is 0. The fourth-order valence-electron chi connectivity index (χ4n) is 2.89. The van der Waals surface area contributed by atoms with Gasteiger partial charge in [-0.2, -0.15) is 0 Å². The fraction of sp³-hybridized carbons (Fsp3) is 0.294. The number of hydrogen-bond donors (Lipinski definition) is 1. The zero-order valence-electron chi connectivity index (χ0n) is 12.0. The van der Waals surface area contributed by atoms with Gasteiger partial charge in [0.1, 0.15) is 5.88 Å². The van der Waals surface area contributed by atoms with E-state index in [2.05, 4.69) is 34.6 Å². The zero-order valence-corrected chi connectivity index (χ0v) is 13.6. The molecule has 0 aliphatic heterocycles. The molecule has 1 aromatic heterocycles. The summed E-state index contributed by atoms with van der Waals surface area (Å²) in [5.74, 6) is 0.775. The Hall–Kier alpha value is -1.58. The molecule has 3 atom stereocenters. The third-order valence-corrected chi connectivity index (χ3v) is 4.24. The number of carbonyl (C=O) groups is 1. The van der Waals surface area contributed by atoms with E-state index in [0.29, 0.717) is 11.8 Å². The third kappa shape index (κ3) is 3.79. The second-order valence-corrected chi connectivity index (χ2v) is 5.64. The van der Waals surface area contributed by atoms with E-state index in [1.165, 1.54) is 5.56 Å². The van der Waals surface area contributed by atoms with Crippen molar-refractivity contribution >= 4 is 29.9 Å². The van der Waals surface area contributed by atoms with Gasteiger partial charge in [-0.15, -0.1) is 24.0 Å². The maximum Gasteiger partial charge on any atom is 0.235 e. The predicted octanol–water partition coefficient (Wildman–Crippen LogP) is 3.70. The number of carbonyl (C=O) groups excluding carboxylic acids is 1. The van der Waals surface area contributed by atoms with Gasteiger partial charge in [0.2, 0.25) is 5.91 Å². The van der Waals surface area contributed by atoms with Crippen LogP contribution in [0.2, 0.25) is 0 Å². The SMILES string of the molecule is Cl.O=C(CCl)NC(c1ccccc1)C1CC1c1ccncc1. The molecule has 0 bridgehead atoms. The number of alkyl halides is 1. The van der Waals surface area contributed by atoms with E-state index in [-0.39, 0.29) is 30.2 Å². The van der Waals surface area contributed by atoms with Crippen LogP contribution in [0.3, 0.4) is 0 Å². The monoisotopic (exact) mass is 336 g/mol. The van der Waals surface area contributed by atoms with Crippen LogP contribution in [-0.2, 0) is 4.79 Å². The van der Waals surface area contributed by atoms with Crippen molar-refractivity contribution in [1.29, 1.82) is 0 Å². The van der Waals surface area contributed by atoms with Crippen molar-refractivity contribution in [2.75, 3.05) is 5.88 Å². The Bertz CT molecular complexity index is 607. The molecule has 3 unspecified atom stereocenters. The number of hydrogen-bond acceptors (Lipinski definition) is 2. The van der Waals surface area contributed by atoms with Gasteiger partial charge in [0.15, 0.2) is 0 Å². The first-order chi connectivity index (χ1) is 10.3. The van der Waals surface area contributed by atoms with Crippen LogP contribution >= 0.6 is 24.0 Å². The summed E-state index contributed by atoms with van der Waals surface area (Å²) >= 11 is 5.64. The number of pyridine rings is 1. The molecule has 1 N–H and O–H groups in total. The standard InChI is InChI=1S/C17H17ClN2O.ClH/c18-11-16(21)20-17(13-4-2-1-3-5-13)15-10-14(15)12-6-8-19-9-7-12;/h1-9,14-15,17H,10-11H2,(H,20,21);1H. The predicted molar refractivity (Wildman–Crippen MR) is 90.4 cm³/mol. The minimum atomic E-state index is -0.120. The number of rotatable bonds is 5. The number of amides is 1. The first-order valence-corrected chi connectivity index (χ1v) is 7.63. The zero-order chi connectivity index (χ0) is 14.7. The van der Waals surface area contributed by atoms with Crippen LogP contribution < -0.4 is 5.32 Å². The Balaban J connectivity index is 0.00000176. The van der Waals surface area contributed by atoms with Gasteiger partial charge in [-0.05, 0) is 41.5 Å². The Morgan fingerprint density at radius 1 is 1.23 bits per heavy atom. The molecule has 1 fully saturated rings. The van der Waals surface area contributed by atoms with E-state index < -0.39 is 0 Å². The summed E-state index contributed by atoms with van der Waals surface area (Å²) in [5.41, 5.74) is 2.42. The van der Waals surface area contributed by atoms with Crippen LogP contribution in [0.5, 0.6) is 0 Å². The summed E-state index contributed by atoms with van der Waals surface area (Å²) in [5, 5.41) is 3.06. The minimum Gasteiger partial charge on any atom is -0.348 e. The van der Waals surface area contributed by atoms with Gasteiger partial charge >= 0.3 is 0 Å². The maximum atomic E-state index is 11.7. The Kier molecular flexibility index (Phi) is 5.81. The maximum absolute atomic E-state index is 11.7. The average Bonchev–Trinajstić information content (AvgIpc) is 3.34. The Morgan fingerprint density at radius 2 is 1.91 bits per heavy atom. The topological polar surface area (TPSA) is 42.0 Å². The largest absolute Gasteiger partial charge is 0.348 e. The third-order valence-electron chi connectivity index (χ3n) is 4.00. The lowest BCUT2D eigenvalue weighted by Gasteiger charge is -2.19. The Morgan fingerprint density at radius 3 is 2.55 bits per heavy atom. The molecule has 0 spiro atoms. The summed E-state index contributed by atoms with van der Waals surface area (Å²) in [7, 11) is 0. The number of halogens is 2. The van der Waals surface area contributed by atoms with Crippen LogP contribution in [0.1, 0.15) is 29.5 Å². The van der Waals surface area contributed by atoms with E-state index in [1.54, 1.807) is 0 Å². The summed E-state index contributed by atoms with van der Waals surface area (Å²) in [6, 6.07) is 14.2. The minimum absolute atomic E-state index is 0. The second kappa shape index (κ2) is 7.61. The summed E-state index contributed by atoms with van der Waals surface area (Å²) < 4.78 is 0. The first-order valence-electron chi connectivity index (χ1n) is 7.10. The number of benzene rings is 1. The van der Waals surface area contributed by atoms with Crippen molar-refractivity contribution in [3.05, 3.63) is 66.0 Å². The fourth-order valence-corrected chi connectivity index (χ4v) is 2.96. The summed E-state index contributed by atoms with van der Waals surface area (Å²) in [6.07, 6.45) is 4.71. The molecule has 0 saturated heterocycles. The van der Waals surface area contributed by atoms with Crippen LogP contribution in [0.25, 0.3) is 0 Å². The molecular formula is C17H18Cl2N2O. The molecule has 1 heterocycles. The Labute approximate surface area is 141 Å². The van der Waals surface area contributed by atoms with Crippen molar-refractivity contribution in [3.63, 3.8) is 0 Å². The molecule has 5 heteroatoms. The molecule has 116 valence electrons. The van der Waals surface area contributed by atoms with Crippen molar-refractivity contribution in [2.45, 2.75) is 18.4 Å². The van der Waals surface area contributed by atoms with E-state index >= 15 is 0 Å². The van der Waals surface area contributed by atoms with E-state index in [9.17, 15) is 4.79 Å². The molecular weight excluding hydrogens is 319 g/mol. The number of aromatic nitrogens is 1. The van der Waals surface area contributed by atoms with Crippen LogP contribution in [-0.4, -0.2) is 16.8 Å². The molecule has 1 saturated carbocycles. The lowest BCUT2D eigenvalue weighted by atomic mass is 9.99. The highest BCUT2D eigenvalue weighted by Crippen LogP contribution is 2.53. The van der Waals surface area contributed by atoms with Crippen LogP contribution in [0, 0.1) is 5.92 Å². The van der Waals surface area contributed by atoms with Gasteiger partial charge in [-0.3, -0.25) is 9.78 Å². The van der Waals surface area contributed by atoms with Gasteiger partial charge in [-0.1, -0.05) is 30.3 Å². The van der Waals surface area contributed by atoms with Crippen molar-refractivity contribution in [2.24, 2.45) is 5.92 Å². The van der Waals surface area contributed by atoms with Gasteiger partial charge in [0.05, 0.1) is 6.04 Å². The van der Waals surface area contributed by atoms with E-state index in [4.69, 9.17) is 11.6 Å². The molecule has 22 heavy (non-hydrogen) atoms. The van der Waals surface area contributed by atoms with Gasteiger partial charge < -0.3 is 5.32 Å². The highest BCUT2D eigenvalue weighted by Gasteiger charge is 2.44. The molecule has 1 aromatic carbocycles. The van der Waals surface area contributed by atoms with Crippen molar-refractivity contribution in [3.8, 4) is 0 Å². The average molecular weight is 337 g/mol. The number of nitrogens with one attached hydrogen (secondary N) is 1. The van der Waals surface area contributed by atoms with E-state index in [0.717, 1.165) is 12.0 Å². The molecule has 1 aliphatic rings. The summed E-state index contributed by atoms with van der Waals surface area (Å²) in [4.78, 5) is 15.8. The van der Waals surface area contributed by atoms with Crippen molar-refractivity contribution < 1.29 is 4.79 Å². The first kappa shape index (κ1) is 16.8. The molecule has 0 radical (unpaired) electrons. The van der Waals surface area contributed by atoms with Gasteiger partial charge in [0, 0.05) is 12.4 Å². The van der Waals surface area contributed by atoms with Gasteiger partial charge in [0.25, 0.3) is 0 Å². The molecule has 1 aliphatic carbocycles. The molecule has 3 rings (SSSR count).